The second kappa shape index (κ2) is 6.03. The molecule has 0 spiro atoms. The van der Waals surface area contributed by atoms with Gasteiger partial charge in [-0.2, -0.15) is 5.10 Å². The Balaban J connectivity index is 2.56. The predicted molar refractivity (Wildman–Crippen MR) is 77.9 cm³/mol. The van der Waals surface area contributed by atoms with Gasteiger partial charge >= 0.3 is 0 Å². The van der Waals surface area contributed by atoms with Crippen molar-refractivity contribution in [1.29, 1.82) is 0 Å². The predicted octanol–water partition coefficient (Wildman–Crippen LogP) is 3.77. The Kier molecular flexibility index (Phi) is 4.60. The number of nitrogens with one attached hydrogen (secondary N) is 1. The fraction of sp³-hybridized carbons (Fsp3) is 0.308. The molecule has 102 valence electrons. The second-order valence-electron chi connectivity index (χ2n) is 4.08. The Bertz CT molecular complexity index is 585. The summed E-state index contributed by atoms with van der Waals surface area (Å²) in [6.45, 7) is 2.69. The van der Waals surface area contributed by atoms with E-state index in [1.165, 1.54) is 12.1 Å². The highest BCUT2D eigenvalue weighted by Gasteiger charge is 2.22. The van der Waals surface area contributed by atoms with Crippen LogP contribution in [0.5, 0.6) is 0 Å². The van der Waals surface area contributed by atoms with Gasteiger partial charge in [-0.25, -0.2) is 4.39 Å². The first kappa shape index (κ1) is 14.5. The zero-order valence-electron chi connectivity index (χ0n) is 10.6. The molecule has 0 saturated heterocycles. The molecule has 0 aliphatic carbocycles. The average molecular weight is 347 g/mol. The molecule has 0 aliphatic rings. The Hall–Kier alpha value is -0.910. The number of aromatic nitrogens is 2. The van der Waals surface area contributed by atoms with Crippen LogP contribution in [0.1, 0.15) is 24.2 Å². The van der Waals surface area contributed by atoms with E-state index in [2.05, 4.69) is 26.3 Å². The van der Waals surface area contributed by atoms with E-state index in [0.717, 1.165) is 15.7 Å². The minimum atomic E-state index is -0.280. The highest BCUT2D eigenvalue weighted by molar-refractivity contribution is 9.10. The molecule has 1 heterocycles. The van der Waals surface area contributed by atoms with Crippen LogP contribution in [-0.4, -0.2) is 16.8 Å². The van der Waals surface area contributed by atoms with E-state index in [9.17, 15) is 4.39 Å². The van der Waals surface area contributed by atoms with Crippen LogP contribution in [-0.2, 0) is 6.54 Å². The van der Waals surface area contributed by atoms with Crippen LogP contribution in [0.25, 0.3) is 0 Å². The summed E-state index contributed by atoms with van der Waals surface area (Å²) in [6.07, 6.45) is 1.61. The lowest BCUT2D eigenvalue weighted by Gasteiger charge is -2.20. The number of rotatable bonds is 4. The highest BCUT2D eigenvalue weighted by atomic mass is 79.9. The number of hydrogen-bond donors (Lipinski definition) is 1. The molecule has 19 heavy (non-hydrogen) atoms. The third-order valence-corrected chi connectivity index (χ3v) is 3.98. The third kappa shape index (κ3) is 2.83. The zero-order valence-corrected chi connectivity index (χ0v) is 13.0. The van der Waals surface area contributed by atoms with Gasteiger partial charge in [-0.15, -0.1) is 0 Å². The van der Waals surface area contributed by atoms with Crippen molar-refractivity contribution in [3.05, 3.63) is 51.0 Å². The van der Waals surface area contributed by atoms with Gasteiger partial charge in [-0.05, 0) is 37.7 Å². The van der Waals surface area contributed by atoms with Crippen molar-refractivity contribution in [2.75, 3.05) is 7.05 Å². The fourth-order valence-electron chi connectivity index (χ4n) is 2.09. The van der Waals surface area contributed by atoms with E-state index in [1.54, 1.807) is 16.9 Å². The second-order valence-corrected chi connectivity index (χ2v) is 5.34. The van der Waals surface area contributed by atoms with Gasteiger partial charge in [0.1, 0.15) is 5.82 Å². The molecular weight excluding hydrogens is 333 g/mol. The Labute approximate surface area is 124 Å². The maximum atomic E-state index is 13.5. The van der Waals surface area contributed by atoms with Gasteiger partial charge in [0.05, 0.1) is 23.0 Å². The molecule has 1 aromatic heterocycles. The van der Waals surface area contributed by atoms with Crippen LogP contribution in [0.4, 0.5) is 4.39 Å². The molecule has 3 nitrogen and oxygen atoms in total. The average Bonchev–Trinajstić information content (AvgIpc) is 2.76. The van der Waals surface area contributed by atoms with Gasteiger partial charge in [0.25, 0.3) is 0 Å². The molecule has 0 amide bonds. The molecule has 6 heteroatoms. The first-order valence-electron chi connectivity index (χ1n) is 5.91. The van der Waals surface area contributed by atoms with E-state index in [0.29, 0.717) is 11.6 Å². The van der Waals surface area contributed by atoms with Crippen molar-refractivity contribution in [2.24, 2.45) is 0 Å². The van der Waals surface area contributed by atoms with Crippen LogP contribution in [0.15, 0.2) is 28.9 Å². The summed E-state index contributed by atoms with van der Waals surface area (Å²) in [5, 5.41) is 7.95. The van der Waals surface area contributed by atoms with E-state index in [-0.39, 0.29) is 11.9 Å². The fourth-order valence-corrected chi connectivity index (χ4v) is 2.81. The maximum absolute atomic E-state index is 13.5. The summed E-state index contributed by atoms with van der Waals surface area (Å²) in [5.74, 6) is -0.280. The molecule has 1 aromatic carbocycles. The molecule has 1 atom stereocenters. The molecule has 0 radical (unpaired) electrons. The highest BCUT2D eigenvalue weighted by Crippen LogP contribution is 2.32. The molecule has 2 rings (SSSR count). The van der Waals surface area contributed by atoms with E-state index < -0.39 is 0 Å². The third-order valence-electron chi connectivity index (χ3n) is 2.96. The standard InChI is InChI=1S/C13H14BrClFN3/c1-3-19-13(11(15)7-18-19)12(17-2)9-6-8(16)4-5-10(9)14/h4-7,12,17H,3H2,1-2H3. The van der Waals surface area contributed by atoms with Crippen molar-refractivity contribution in [3.63, 3.8) is 0 Å². The molecular formula is C13H14BrClFN3. The quantitative estimate of drug-likeness (QED) is 0.913. The minimum Gasteiger partial charge on any atom is -0.308 e. The van der Waals surface area contributed by atoms with Crippen molar-refractivity contribution in [3.8, 4) is 0 Å². The maximum Gasteiger partial charge on any atom is 0.123 e. The SMILES string of the molecule is CCn1ncc(Cl)c1C(NC)c1cc(F)ccc1Br. The summed E-state index contributed by atoms with van der Waals surface area (Å²) < 4.78 is 16.1. The molecule has 1 N–H and O–H groups in total. The van der Waals surface area contributed by atoms with Crippen molar-refractivity contribution < 1.29 is 4.39 Å². The van der Waals surface area contributed by atoms with Gasteiger partial charge in [-0.1, -0.05) is 27.5 Å². The van der Waals surface area contributed by atoms with Gasteiger partial charge < -0.3 is 5.32 Å². The number of hydrogen-bond acceptors (Lipinski definition) is 2. The number of nitrogens with zero attached hydrogens (tertiary/aromatic N) is 2. The van der Waals surface area contributed by atoms with E-state index >= 15 is 0 Å². The first-order chi connectivity index (χ1) is 9.08. The normalized spacial score (nSPS) is 12.7. The molecule has 0 fully saturated rings. The Morgan fingerprint density at radius 1 is 1.53 bits per heavy atom. The van der Waals surface area contributed by atoms with Crippen LogP contribution < -0.4 is 5.32 Å². The van der Waals surface area contributed by atoms with Gasteiger partial charge in [0.15, 0.2) is 0 Å². The lowest BCUT2D eigenvalue weighted by Crippen LogP contribution is -2.22. The summed E-state index contributed by atoms with van der Waals surface area (Å²) in [4.78, 5) is 0. The van der Waals surface area contributed by atoms with Crippen LogP contribution in [0.3, 0.4) is 0 Å². The summed E-state index contributed by atoms with van der Waals surface area (Å²) in [7, 11) is 1.81. The molecule has 0 aliphatic heterocycles. The topological polar surface area (TPSA) is 29.9 Å². The monoisotopic (exact) mass is 345 g/mol. The van der Waals surface area contributed by atoms with Crippen LogP contribution in [0.2, 0.25) is 5.02 Å². The van der Waals surface area contributed by atoms with E-state index in [4.69, 9.17) is 11.6 Å². The Morgan fingerprint density at radius 3 is 2.89 bits per heavy atom. The zero-order chi connectivity index (χ0) is 14.0. The number of halogens is 3. The van der Waals surface area contributed by atoms with Crippen molar-refractivity contribution in [1.82, 2.24) is 15.1 Å². The lowest BCUT2D eigenvalue weighted by atomic mass is 10.0. The first-order valence-corrected chi connectivity index (χ1v) is 7.09. The largest absolute Gasteiger partial charge is 0.308 e. The molecule has 2 aromatic rings. The molecule has 0 saturated carbocycles. The van der Waals surface area contributed by atoms with Gasteiger partial charge in [0, 0.05) is 11.0 Å². The lowest BCUT2D eigenvalue weighted by molar-refractivity contribution is 0.557. The number of aryl methyl sites for hydroxylation is 1. The van der Waals surface area contributed by atoms with Crippen LogP contribution in [0, 0.1) is 5.82 Å². The minimum absolute atomic E-state index is 0.222. The number of benzene rings is 1. The van der Waals surface area contributed by atoms with Gasteiger partial charge in [0.2, 0.25) is 0 Å². The van der Waals surface area contributed by atoms with Crippen molar-refractivity contribution in [2.45, 2.75) is 19.5 Å². The van der Waals surface area contributed by atoms with E-state index in [1.807, 2.05) is 14.0 Å². The summed E-state index contributed by atoms with van der Waals surface area (Å²) >= 11 is 9.66. The molecule has 1 unspecified atom stereocenters. The summed E-state index contributed by atoms with van der Waals surface area (Å²) in [5.41, 5.74) is 1.62. The van der Waals surface area contributed by atoms with Crippen molar-refractivity contribution >= 4 is 27.5 Å². The van der Waals surface area contributed by atoms with Gasteiger partial charge in [-0.3, -0.25) is 4.68 Å². The Morgan fingerprint density at radius 2 is 2.26 bits per heavy atom. The van der Waals surface area contributed by atoms with Crippen LogP contribution >= 0.6 is 27.5 Å². The summed E-state index contributed by atoms with van der Waals surface area (Å²) in [6, 6.07) is 4.38. The molecule has 0 bridgehead atoms. The smallest absolute Gasteiger partial charge is 0.123 e.